The van der Waals surface area contributed by atoms with E-state index in [-0.39, 0.29) is 31.2 Å². The minimum Gasteiger partial charge on any atom is -0.448 e. The van der Waals surface area contributed by atoms with E-state index in [1.165, 1.54) is 22.3 Å². The zero-order valence-corrected chi connectivity index (χ0v) is 26.8. The summed E-state index contributed by atoms with van der Waals surface area (Å²) in [7, 11) is 0. The van der Waals surface area contributed by atoms with Crippen LogP contribution >= 0.6 is 0 Å². The summed E-state index contributed by atoms with van der Waals surface area (Å²) in [6.45, 7) is 12.0. The number of hydrogen-bond donors (Lipinski definition) is 1. The minimum absolute atomic E-state index is 0.0279. The third kappa shape index (κ3) is 7.62. The molecule has 1 saturated heterocycles. The van der Waals surface area contributed by atoms with Crippen molar-refractivity contribution in [2.24, 2.45) is 0 Å². The predicted molar refractivity (Wildman–Crippen MR) is 175 cm³/mol. The number of piperidine rings is 1. The van der Waals surface area contributed by atoms with Crippen LogP contribution in [-0.4, -0.2) is 65.9 Å². The van der Waals surface area contributed by atoms with Crippen LogP contribution in [0.4, 0.5) is 9.59 Å². The van der Waals surface area contributed by atoms with E-state index in [1.807, 2.05) is 63.2 Å². The van der Waals surface area contributed by atoms with Gasteiger partial charge in [-0.3, -0.25) is 4.90 Å². The summed E-state index contributed by atoms with van der Waals surface area (Å²) in [6.07, 6.45) is 2.42. The average molecular weight is 598 g/mol. The summed E-state index contributed by atoms with van der Waals surface area (Å²) in [5.41, 5.74) is 5.01. The Balaban J connectivity index is 1.40. The summed E-state index contributed by atoms with van der Waals surface area (Å²) < 4.78 is 11.8. The van der Waals surface area contributed by atoms with E-state index in [0.29, 0.717) is 12.6 Å². The van der Waals surface area contributed by atoms with Crippen molar-refractivity contribution in [3.05, 3.63) is 95.6 Å². The number of carbonyl (C=O) groups excluding carboxylic acids is 2. The first-order valence-corrected chi connectivity index (χ1v) is 16.0. The lowest BCUT2D eigenvalue weighted by Crippen LogP contribution is -2.52. The van der Waals surface area contributed by atoms with Gasteiger partial charge in [0.1, 0.15) is 12.2 Å². The molecular formula is C37H47N3O4. The number of nitrogens with zero attached hydrogens (tertiary/aromatic N) is 2. The van der Waals surface area contributed by atoms with Crippen LogP contribution in [0.1, 0.15) is 82.5 Å². The molecule has 0 saturated carbocycles. The van der Waals surface area contributed by atoms with E-state index in [2.05, 4.69) is 60.5 Å². The Labute approximate surface area is 262 Å². The smallest absolute Gasteiger partial charge is 0.409 e. The molecule has 0 spiro atoms. The van der Waals surface area contributed by atoms with Gasteiger partial charge in [-0.25, -0.2) is 9.59 Å². The Morgan fingerprint density at radius 2 is 1.52 bits per heavy atom. The normalized spacial score (nSPS) is 17.5. The van der Waals surface area contributed by atoms with Crippen LogP contribution in [0.5, 0.6) is 0 Å². The van der Waals surface area contributed by atoms with Crippen molar-refractivity contribution in [3.8, 4) is 11.1 Å². The molecule has 1 fully saturated rings. The van der Waals surface area contributed by atoms with Gasteiger partial charge < -0.3 is 19.7 Å². The van der Waals surface area contributed by atoms with E-state index < -0.39 is 17.7 Å². The minimum atomic E-state index is -0.641. The lowest BCUT2D eigenvalue weighted by Gasteiger charge is -2.41. The molecule has 1 aliphatic heterocycles. The molecule has 44 heavy (non-hydrogen) atoms. The topological polar surface area (TPSA) is 71.1 Å². The molecule has 3 aromatic rings. The first-order chi connectivity index (χ1) is 21.1. The number of ether oxygens (including phenoxy) is 2. The molecular weight excluding hydrogens is 550 g/mol. The molecule has 0 radical (unpaired) electrons. The van der Waals surface area contributed by atoms with Gasteiger partial charge in [0.15, 0.2) is 0 Å². The monoisotopic (exact) mass is 597 g/mol. The summed E-state index contributed by atoms with van der Waals surface area (Å²) in [6, 6.07) is 26.6. The highest BCUT2D eigenvalue weighted by molar-refractivity contribution is 5.79. The molecule has 2 atom stereocenters. The van der Waals surface area contributed by atoms with Crippen LogP contribution in [0.15, 0.2) is 78.9 Å². The molecule has 2 amide bonds. The number of carbonyl (C=O) groups is 2. The number of rotatable bonds is 9. The van der Waals surface area contributed by atoms with E-state index in [4.69, 9.17) is 9.47 Å². The Morgan fingerprint density at radius 3 is 2.14 bits per heavy atom. The van der Waals surface area contributed by atoms with Crippen molar-refractivity contribution in [2.45, 2.75) is 83.5 Å². The zero-order valence-electron chi connectivity index (χ0n) is 26.8. The maximum Gasteiger partial charge on any atom is 0.409 e. The van der Waals surface area contributed by atoms with Crippen LogP contribution < -0.4 is 5.32 Å². The zero-order chi connectivity index (χ0) is 31.3. The van der Waals surface area contributed by atoms with Crippen LogP contribution in [0, 0.1) is 0 Å². The number of benzene rings is 3. The first kappa shape index (κ1) is 31.6. The molecule has 7 heteroatoms. The number of fused-ring (bicyclic) bond motifs is 3. The Morgan fingerprint density at radius 1 is 0.909 bits per heavy atom. The Hall–Kier alpha value is -3.84. The van der Waals surface area contributed by atoms with Gasteiger partial charge in [0, 0.05) is 31.1 Å². The molecule has 0 bridgehead atoms. The summed E-state index contributed by atoms with van der Waals surface area (Å²) in [4.78, 5) is 31.4. The number of nitrogens with one attached hydrogen (secondary N) is 1. The Bertz CT molecular complexity index is 1370. The number of likely N-dealkylation sites (tertiary alicyclic amines) is 1. The molecule has 5 rings (SSSR count). The maximum absolute atomic E-state index is 14.1. The summed E-state index contributed by atoms with van der Waals surface area (Å²) in [5, 5.41) is 3.05. The van der Waals surface area contributed by atoms with Crippen molar-refractivity contribution in [3.63, 3.8) is 0 Å². The largest absolute Gasteiger partial charge is 0.448 e. The van der Waals surface area contributed by atoms with Gasteiger partial charge in [-0.2, -0.15) is 0 Å². The summed E-state index contributed by atoms with van der Waals surface area (Å²) >= 11 is 0. The van der Waals surface area contributed by atoms with Crippen molar-refractivity contribution in [1.29, 1.82) is 0 Å². The van der Waals surface area contributed by atoms with Crippen LogP contribution in [-0.2, 0) is 9.47 Å². The average Bonchev–Trinajstić information content (AvgIpc) is 3.32. The van der Waals surface area contributed by atoms with Gasteiger partial charge in [-0.1, -0.05) is 85.3 Å². The molecule has 0 aromatic heterocycles. The lowest BCUT2D eigenvalue weighted by molar-refractivity contribution is 0.0431. The molecule has 1 N–H and O–H groups in total. The second-order valence-corrected chi connectivity index (χ2v) is 13.3. The lowest BCUT2D eigenvalue weighted by atomic mass is 9.98. The molecule has 1 heterocycles. The summed E-state index contributed by atoms with van der Waals surface area (Å²) in [5.74, 6) is -0.0279. The van der Waals surface area contributed by atoms with Gasteiger partial charge in [0.2, 0.25) is 0 Å². The SMILES string of the molecule is CC(C)N1CCCCC1CN(C[C@H](NC(=O)OC(C)(C)C)c1ccccc1)C(=O)OCC1c2ccccc2-c2ccccc21. The standard InChI is InChI=1S/C37H47N3O4/c1-26(2)40-22-14-13-17-28(40)23-39(24-34(27-15-7-6-8-16-27)38-35(41)44-37(3,4)5)36(42)43-25-33-31-20-11-9-18-29(31)30-19-10-12-21-32(30)33/h6-12,15-16,18-21,26,28,33-34H,13-14,17,22-25H2,1-5H3,(H,38,41)/t28?,34-/m0/s1. The highest BCUT2D eigenvalue weighted by Crippen LogP contribution is 2.44. The van der Waals surface area contributed by atoms with Gasteiger partial charge >= 0.3 is 12.2 Å². The number of amides is 2. The molecule has 234 valence electrons. The fraction of sp³-hybridized carbons (Fsp3) is 0.459. The molecule has 7 nitrogen and oxygen atoms in total. The Kier molecular flexibility index (Phi) is 9.94. The molecule has 1 aliphatic carbocycles. The maximum atomic E-state index is 14.1. The fourth-order valence-electron chi connectivity index (χ4n) is 6.65. The molecule has 1 unspecified atom stereocenters. The number of hydrogen-bond acceptors (Lipinski definition) is 5. The van der Waals surface area contributed by atoms with Crippen molar-refractivity contribution < 1.29 is 19.1 Å². The van der Waals surface area contributed by atoms with Crippen LogP contribution in [0.2, 0.25) is 0 Å². The number of alkyl carbamates (subject to hydrolysis) is 1. The third-order valence-corrected chi connectivity index (χ3v) is 8.66. The second kappa shape index (κ2) is 13.9. The van der Waals surface area contributed by atoms with Gasteiger partial charge in [0.25, 0.3) is 0 Å². The van der Waals surface area contributed by atoms with E-state index in [9.17, 15) is 9.59 Å². The molecule has 3 aromatic carbocycles. The van der Waals surface area contributed by atoms with E-state index >= 15 is 0 Å². The van der Waals surface area contributed by atoms with E-state index in [0.717, 1.165) is 31.4 Å². The van der Waals surface area contributed by atoms with Gasteiger partial charge in [-0.05, 0) is 81.8 Å². The first-order valence-electron chi connectivity index (χ1n) is 16.0. The van der Waals surface area contributed by atoms with Crippen LogP contribution in [0.3, 0.4) is 0 Å². The van der Waals surface area contributed by atoms with Crippen molar-refractivity contribution >= 4 is 12.2 Å². The van der Waals surface area contributed by atoms with Gasteiger partial charge in [0.05, 0.1) is 6.04 Å². The highest BCUT2D eigenvalue weighted by atomic mass is 16.6. The fourth-order valence-corrected chi connectivity index (χ4v) is 6.65. The van der Waals surface area contributed by atoms with Crippen molar-refractivity contribution in [1.82, 2.24) is 15.1 Å². The highest BCUT2D eigenvalue weighted by Gasteiger charge is 2.33. The van der Waals surface area contributed by atoms with Crippen LogP contribution in [0.25, 0.3) is 11.1 Å². The quantitative estimate of drug-likeness (QED) is 0.273. The van der Waals surface area contributed by atoms with E-state index in [1.54, 1.807) is 4.90 Å². The second-order valence-electron chi connectivity index (χ2n) is 13.3. The molecule has 2 aliphatic rings. The van der Waals surface area contributed by atoms with Crippen molar-refractivity contribution in [2.75, 3.05) is 26.2 Å². The predicted octanol–water partition coefficient (Wildman–Crippen LogP) is 7.77. The van der Waals surface area contributed by atoms with Gasteiger partial charge in [-0.15, -0.1) is 0 Å². The third-order valence-electron chi connectivity index (χ3n) is 8.66.